The SMILES string of the molecule is CCCN1C(=O)C2CCCN2C1=O. The summed E-state index contributed by atoms with van der Waals surface area (Å²) in [5.41, 5.74) is 0. The number of hydrogen-bond acceptors (Lipinski definition) is 2. The summed E-state index contributed by atoms with van der Waals surface area (Å²) in [6.45, 7) is 3.31. The average molecular weight is 182 g/mol. The van der Waals surface area contributed by atoms with Gasteiger partial charge in [0.2, 0.25) is 0 Å². The second-order valence-corrected chi connectivity index (χ2v) is 3.62. The van der Waals surface area contributed by atoms with Crippen molar-refractivity contribution < 1.29 is 9.59 Å². The number of fused-ring (bicyclic) bond motifs is 1. The summed E-state index contributed by atoms with van der Waals surface area (Å²) in [6.07, 6.45) is 2.67. The fourth-order valence-electron chi connectivity index (χ4n) is 2.11. The lowest BCUT2D eigenvalue weighted by molar-refractivity contribution is -0.127. The molecule has 0 N–H and O–H groups in total. The van der Waals surface area contributed by atoms with Crippen LogP contribution in [-0.2, 0) is 4.79 Å². The Morgan fingerprint density at radius 2 is 2.23 bits per heavy atom. The molecule has 2 heterocycles. The molecule has 0 saturated carbocycles. The van der Waals surface area contributed by atoms with Crippen LogP contribution in [0, 0.1) is 0 Å². The maximum absolute atomic E-state index is 11.7. The van der Waals surface area contributed by atoms with Crippen LogP contribution in [-0.4, -0.2) is 40.9 Å². The van der Waals surface area contributed by atoms with Gasteiger partial charge in [-0.2, -0.15) is 0 Å². The lowest BCUT2D eigenvalue weighted by atomic mass is 10.2. The Kier molecular flexibility index (Phi) is 1.98. The first-order chi connectivity index (χ1) is 6.25. The summed E-state index contributed by atoms with van der Waals surface area (Å²) in [5, 5.41) is 0. The largest absolute Gasteiger partial charge is 0.327 e. The third kappa shape index (κ3) is 1.12. The zero-order valence-electron chi connectivity index (χ0n) is 7.82. The van der Waals surface area contributed by atoms with Gasteiger partial charge < -0.3 is 4.90 Å². The number of urea groups is 1. The van der Waals surface area contributed by atoms with Crippen molar-refractivity contribution in [2.45, 2.75) is 32.2 Å². The Hall–Kier alpha value is -1.06. The van der Waals surface area contributed by atoms with Crippen LogP contribution < -0.4 is 0 Å². The molecule has 13 heavy (non-hydrogen) atoms. The molecule has 2 rings (SSSR count). The molecule has 2 fully saturated rings. The third-order valence-electron chi connectivity index (χ3n) is 2.73. The van der Waals surface area contributed by atoms with Crippen molar-refractivity contribution in [2.24, 2.45) is 0 Å². The first-order valence-electron chi connectivity index (χ1n) is 4.87. The van der Waals surface area contributed by atoms with Crippen LogP contribution in [0.1, 0.15) is 26.2 Å². The number of nitrogens with zero attached hydrogens (tertiary/aromatic N) is 2. The molecular formula is C9H14N2O2. The molecule has 0 bridgehead atoms. The summed E-state index contributed by atoms with van der Waals surface area (Å²) in [4.78, 5) is 26.4. The number of carbonyl (C=O) groups excluding carboxylic acids is 2. The van der Waals surface area contributed by atoms with Gasteiger partial charge >= 0.3 is 6.03 Å². The van der Waals surface area contributed by atoms with E-state index in [9.17, 15) is 9.59 Å². The average Bonchev–Trinajstić information content (AvgIpc) is 2.66. The van der Waals surface area contributed by atoms with E-state index < -0.39 is 0 Å². The molecule has 0 radical (unpaired) electrons. The number of amides is 3. The third-order valence-corrected chi connectivity index (χ3v) is 2.73. The first kappa shape index (κ1) is 8.53. The van der Waals surface area contributed by atoms with E-state index in [1.54, 1.807) is 4.90 Å². The molecular weight excluding hydrogens is 168 g/mol. The smallest absolute Gasteiger partial charge is 0.312 e. The van der Waals surface area contributed by atoms with E-state index in [4.69, 9.17) is 0 Å². The van der Waals surface area contributed by atoms with Gasteiger partial charge in [0, 0.05) is 13.1 Å². The Morgan fingerprint density at radius 1 is 1.46 bits per heavy atom. The molecule has 4 heteroatoms. The van der Waals surface area contributed by atoms with E-state index in [2.05, 4.69) is 0 Å². The maximum Gasteiger partial charge on any atom is 0.327 e. The minimum absolute atomic E-state index is 0.0179. The summed E-state index contributed by atoms with van der Waals surface area (Å²) in [6, 6.07) is -0.201. The van der Waals surface area contributed by atoms with Gasteiger partial charge in [0.05, 0.1) is 0 Å². The Labute approximate surface area is 77.5 Å². The van der Waals surface area contributed by atoms with Crippen LogP contribution in [0.4, 0.5) is 4.79 Å². The van der Waals surface area contributed by atoms with Crippen molar-refractivity contribution in [3.8, 4) is 0 Å². The summed E-state index contributed by atoms with van der Waals surface area (Å²) >= 11 is 0. The number of hydrogen-bond donors (Lipinski definition) is 0. The molecule has 2 aliphatic heterocycles. The van der Waals surface area contributed by atoms with Crippen LogP contribution in [0.25, 0.3) is 0 Å². The summed E-state index contributed by atoms with van der Waals surface area (Å²) in [5.74, 6) is 0.0179. The van der Waals surface area contributed by atoms with Crippen molar-refractivity contribution in [3.05, 3.63) is 0 Å². The van der Waals surface area contributed by atoms with Gasteiger partial charge in [-0.3, -0.25) is 9.69 Å². The molecule has 72 valence electrons. The molecule has 4 nitrogen and oxygen atoms in total. The van der Waals surface area contributed by atoms with E-state index in [1.807, 2.05) is 6.92 Å². The van der Waals surface area contributed by atoms with E-state index in [0.717, 1.165) is 25.8 Å². The normalized spacial score (nSPS) is 27.3. The lowest BCUT2D eigenvalue weighted by Crippen LogP contribution is -2.33. The fraction of sp³-hybridized carbons (Fsp3) is 0.778. The van der Waals surface area contributed by atoms with Crippen molar-refractivity contribution in [3.63, 3.8) is 0 Å². The highest BCUT2D eigenvalue weighted by atomic mass is 16.2. The minimum atomic E-state index is -0.126. The predicted molar refractivity (Wildman–Crippen MR) is 47.1 cm³/mol. The Balaban J connectivity index is 2.16. The predicted octanol–water partition coefficient (Wildman–Crippen LogP) is 0.823. The standard InChI is InChI=1S/C9H14N2O2/c1-2-5-11-8(12)7-4-3-6-10(7)9(11)13/h7H,2-6H2,1H3. The van der Waals surface area contributed by atoms with Crippen molar-refractivity contribution >= 4 is 11.9 Å². The van der Waals surface area contributed by atoms with E-state index in [1.165, 1.54) is 4.90 Å². The van der Waals surface area contributed by atoms with Gasteiger partial charge in [-0.15, -0.1) is 0 Å². The quantitative estimate of drug-likeness (QED) is 0.593. The number of rotatable bonds is 2. The molecule has 0 aromatic rings. The zero-order chi connectivity index (χ0) is 9.42. The van der Waals surface area contributed by atoms with Gasteiger partial charge in [-0.1, -0.05) is 6.92 Å². The highest BCUT2D eigenvalue weighted by molar-refractivity contribution is 6.04. The van der Waals surface area contributed by atoms with Gasteiger partial charge in [0.1, 0.15) is 6.04 Å². The molecule has 0 spiro atoms. The monoisotopic (exact) mass is 182 g/mol. The first-order valence-corrected chi connectivity index (χ1v) is 4.87. The molecule has 0 aliphatic carbocycles. The second-order valence-electron chi connectivity index (χ2n) is 3.62. The zero-order valence-corrected chi connectivity index (χ0v) is 7.82. The molecule has 1 atom stereocenters. The van der Waals surface area contributed by atoms with Crippen molar-refractivity contribution in [2.75, 3.05) is 13.1 Å². The van der Waals surface area contributed by atoms with Crippen LogP contribution >= 0.6 is 0 Å². The highest BCUT2D eigenvalue weighted by Crippen LogP contribution is 2.27. The van der Waals surface area contributed by atoms with E-state index >= 15 is 0 Å². The van der Waals surface area contributed by atoms with E-state index in [0.29, 0.717) is 6.54 Å². The van der Waals surface area contributed by atoms with Crippen molar-refractivity contribution in [1.29, 1.82) is 0 Å². The molecule has 2 aliphatic rings. The van der Waals surface area contributed by atoms with Crippen LogP contribution in [0.2, 0.25) is 0 Å². The van der Waals surface area contributed by atoms with Crippen LogP contribution in [0.15, 0.2) is 0 Å². The maximum atomic E-state index is 11.7. The lowest BCUT2D eigenvalue weighted by Gasteiger charge is -2.13. The van der Waals surface area contributed by atoms with Crippen molar-refractivity contribution in [1.82, 2.24) is 9.80 Å². The topological polar surface area (TPSA) is 40.6 Å². The Morgan fingerprint density at radius 3 is 2.85 bits per heavy atom. The second kappa shape index (κ2) is 3.01. The molecule has 0 aromatic heterocycles. The molecule has 0 aromatic carbocycles. The van der Waals surface area contributed by atoms with E-state index in [-0.39, 0.29) is 18.0 Å². The summed E-state index contributed by atoms with van der Waals surface area (Å²) in [7, 11) is 0. The van der Waals surface area contributed by atoms with Crippen LogP contribution in [0.5, 0.6) is 0 Å². The summed E-state index contributed by atoms with van der Waals surface area (Å²) < 4.78 is 0. The molecule has 2 saturated heterocycles. The number of carbonyl (C=O) groups is 2. The van der Waals surface area contributed by atoms with Gasteiger partial charge in [-0.25, -0.2) is 4.79 Å². The van der Waals surface area contributed by atoms with Crippen LogP contribution in [0.3, 0.4) is 0 Å². The molecule has 1 unspecified atom stereocenters. The highest BCUT2D eigenvalue weighted by Gasteiger charge is 2.46. The number of imide groups is 1. The molecule has 3 amide bonds. The fourth-order valence-corrected chi connectivity index (χ4v) is 2.11. The van der Waals surface area contributed by atoms with Gasteiger partial charge in [0.15, 0.2) is 0 Å². The minimum Gasteiger partial charge on any atom is -0.312 e. The van der Waals surface area contributed by atoms with Gasteiger partial charge in [-0.05, 0) is 19.3 Å². The van der Waals surface area contributed by atoms with Gasteiger partial charge in [0.25, 0.3) is 5.91 Å². The Bertz CT molecular complexity index is 230.